The molecular formula is C21H26ClN3O5S. The molecule has 0 fully saturated rings. The zero-order chi connectivity index (χ0) is 23.2. The molecule has 8 nitrogen and oxygen atoms in total. The summed E-state index contributed by atoms with van der Waals surface area (Å²) >= 11 is 6.13. The molecule has 1 amide bonds. The molecule has 0 spiro atoms. The molecule has 2 rings (SSSR count). The summed E-state index contributed by atoms with van der Waals surface area (Å²) < 4.78 is 31.9. The van der Waals surface area contributed by atoms with Crippen molar-refractivity contribution in [3.05, 3.63) is 52.8 Å². The Labute approximate surface area is 187 Å². The molecule has 1 aromatic carbocycles. The minimum Gasteiger partial charge on any atom is -0.452 e. The molecule has 31 heavy (non-hydrogen) atoms. The highest BCUT2D eigenvalue weighted by Gasteiger charge is 2.24. The molecule has 1 unspecified atom stereocenters. The van der Waals surface area contributed by atoms with E-state index < -0.39 is 28.0 Å². The number of esters is 1. The van der Waals surface area contributed by atoms with Gasteiger partial charge in [0.2, 0.25) is 10.0 Å². The maximum absolute atomic E-state index is 12.7. The van der Waals surface area contributed by atoms with Crippen LogP contribution in [0.25, 0.3) is 0 Å². The van der Waals surface area contributed by atoms with Gasteiger partial charge in [-0.2, -0.15) is 4.31 Å². The molecular weight excluding hydrogens is 442 g/mol. The standard InChI is InChI=1S/C21H26ClN3O5S/c1-5-25(6-2)31(28,29)17-9-10-18(22)19(12-17)24-21(27)15(4)30-20(26)11-16-8-7-14(3)23-13-16/h7-10,12-13,15H,5-6,11H2,1-4H3,(H,24,27). The summed E-state index contributed by atoms with van der Waals surface area (Å²) in [6.45, 7) is 7.36. The van der Waals surface area contributed by atoms with Crippen LogP contribution in [0.4, 0.5) is 5.69 Å². The Bertz CT molecular complexity index is 1040. The molecule has 0 aliphatic rings. The number of nitrogens with one attached hydrogen (secondary N) is 1. The van der Waals surface area contributed by atoms with Crippen LogP contribution in [0.15, 0.2) is 41.4 Å². The van der Waals surface area contributed by atoms with Crippen molar-refractivity contribution in [3.63, 3.8) is 0 Å². The summed E-state index contributed by atoms with van der Waals surface area (Å²) in [6.07, 6.45) is 0.441. The van der Waals surface area contributed by atoms with E-state index in [2.05, 4.69) is 10.3 Å². The van der Waals surface area contributed by atoms with Gasteiger partial charge in [0.1, 0.15) is 0 Å². The SMILES string of the molecule is CCN(CC)S(=O)(=O)c1ccc(Cl)c(NC(=O)C(C)OC(=O)Cc2ccc(C)nc2)c1. The Morgan fingerprint density at radius 1 is 1.19 bits per heavy atom. The van der Waals surface area contributed by atoms with Crippen LogP contribution in [-0.4, -0.2) is 48.8 Å². The highest BCUT2D eigenvalue weighted by molar-refractivity contribution is 7.89. The summed E-state index contributed by atoms with van der Waals surface area (Å²) in [6, 6.07) is 7.61. The number of rotatable bonds is 9. The van der Waals surface area contributed by atoms with Gasteiger partial charge in [-0.05, 0) is 43.7 Å². The number of hydrogen-bond acceptors (Lipinski definition) is 6. The summed E-state index contributed by atoms with van der Waals surface area (Å²) in [4.78, 5) is 28.7. The molecule has 168 valence electrons. The predicted octanol–water partition coefficient (Wildman–Crippen LogP) is 3.19. The summed E-state index contributed by atoms with van der Waals surface area (Å²) in [5, 5.41) is 2.69. The minimum atomic E-state index is -3.72. The number of halogens is 1. The van der Waals surface area contributed by atoms with Crippen molar-refractivity contribution >= 4 is 39.2 Å². The normalized spacial score (nSPS) is 12.5. The average Bonchev–Trinajstić information content (AvgIpc) is 2.71. The zero-order valence-electron chi connectivity index (χ0n) is 17.9. The number of anilines is 1. The molecule has 0 bridgehead atoms. The van der Waals surface area contributed by atoms with Crippen LogP contribution in [0, 0.1) is 6.92 Å². The molecule has 1 N–H and O–H groups in total. The lowest BCUT2D eigenvalue weighted by atomic mass is 10.2. The van der Waals surface area contributed by atoms with Gasteiger partial charge in [-0.25, -0.2) is 8.42 Å². The monoisotopic (exact) mass is 467 g/mol. The third kappa shape index (κ3) is 6.49. The van der Waals surface area contributed by atoms with E-state index in [0.29, 0.717) is 18.7 Å². The van der Waals surface area contributed by atoms with Gasteiger partial charge >= 0.3 is 5.97 Å². The van der Waals surface area contributed by atoms with E-state index in [1.54, 1.807) is 32.2 Å². The van der Waals surface area contributed by atoms with Crippen molar-refractivity contribution in [1.29, 1.82) is 0 Å². The molecule has 2 aromatic rings. The Morgan fingerprint density at radius 2 is 1.87 bits per heavy atom. The van der Waals surface area contributed by atoms with Crippen molar-refractivity contribution in [2.45, 2.75) is 45.1 Å². The van der Waals surface area contributed by atoms with Gasteiger partial charge in [-0.1, -0.05) is 31.5 Å². The van der Waals surface area contributed by atoms with Crippen molar-refractivity contribution in [2.75, 3.05) is 18.4 Å². The fourth-order valence-electron chi connectivity index (χ4n) is 2.77. The fourth-order valence-corrected chi connectivity index (χ4v) is 4.42. The Balaban J connectivity index is 2.08. The van der Waals surface area contributed by atoms with Crippen LogP contribution < -0.4 is 5.32 Å². The maximum Gasteiger partial charge on any atom is 0.311 e. The number of carbonyl (C=O) groups excluding carboxylic acids is 2. The number of benzene rings is 1. The summed E-state index contributed by atoms with van der Waals surface area (Å²) in [5.74, 6) is -1.22. The number of sulfonamides is 1. The van der Waals surface area contributed by atoms with Gasteiger partial charge in [-0.15, -0.1) is 0 Å². The van der Waals surface area contributed by atoms with E-state index >= 15 is 0 Å². The quantitative estimate of drug-likeness (QED) is 0.568. The summed E-state index contributed by atoms with van der Waals surface area (Å²) in [5.41, 5.74) is 1.61. The second kappa shape index (κ2) is 10.7. The molecule has 1 heterocycles. The Kier molecular flexibility index (Phi) is 8.55. The first-order valence-corrected chi connectivity index (χ1v) is 11.6. The van der Waals surface area contributed by atoms with E-state index in [-0.39, 0.29) is 22.0 Å². The number of nitrogens with zero attached hydrogens (tertiary/aromatic N) is 2. The second-order valence-corrected chi connectivity index (χ2v) is 9.18. The Morgan fingerprint density at radius 3 is 2.45 bits per heavy atom. The number of ether oxygens (including phenoxy) is 1. The van der Waals surface area contributed by atoms with Crippen molar-refractivity contribution in [3.8, 4) is 0 Å². The van der Waals surface area contributed by atoms with Crippen LogP contribution in [0.5, 0.6) is 0 Å². The van der Waals surface area contributed by atoms with Gasteiger partial charge in [0.05, 0.1) is 22.0 Å². The molecule has 0 aliphatic carbocycles. The number of aryl methyl sites for hydroxylation is 1. The number of pyridine rings is 1. The number of amides is 1. The first kappa shape index (κ1) is 24.8. The topological polar surface area (TPSA) is 106 Å². The number of carbonyl (C=O) groups is 2. The molecule has 0 aliphatic heterocycles. The molecule has 1 aromatic heterocycles. The average molecular weight is 468 g/mol. The third-order valence-corrected chi connectivity index (χ3v) is 6.91. The largest absolute Gasteiger partial charge is 0.452 e. The predicted molar refractivity (Wildman–Crippen MR) is 118 cm³/mol. The van der Waals surface area contributed by atoms with Crippen LogP contribution in [0.1, 0.15) is 32.0 Å². The number of aromatic nitrogens is 1. The van der Waals surface area contributed by atoms with E-state index in [1.807, 2.05) is 6.92 Å². The minimum absolute atomic E-state index is 0.00687. The first-order valence-electron chi connectivity index (χ1n) is 9.80. The van der Waals surface area contributed by atoms with Gasteiger partial charge in [0, 0.05) is 25.0 Å². The lowest BCUT2D eigenvalue weighted by Gasteiger charge is -2.19. The lowest BCUT2D eigenvalue weighted by molar-refractivity contribution is -0.152. The maximum atomic E-state index is 12.7. The van der Waals surface area contributed by atoms with E-state index in [0.717, 1.165) is 5.69 Å². The van der Waals surface area contributed by atoms with Crippen molar-refractivity contribution in [2.24, 2.45) is 0 Å². The molecule has 0 saturated heterocycles. The third-order valence-electron chi connectivity index (χ3n) is 4.54. The van der Waals surface area contributed by atoms with Gasteiger partial charge in [0.25, 0.3) is 5.91 Å². The molecule has 1 atom stereocenters. The van der Waals surface area contributed by atoms with Gasteiger partial charge in [-0.3, -0.25) is 14.6 Å². The zero-order valence-corrected chi connectivity index (χ0v) is 19.5. The van der Waals surface area contributed by atoms with Crippen LogP contribution >= 0.6 is 11.6 Å². The van der Waals surface area contributed by atoms with E-state index in [1.165, 1.54) is 29.4 Å². The molecule has 0 radical (unpaired) electrons. The fraction of sp³-hybridized carbons (Fsp3) is 0.381. The van der Waals surface area contributed by atoms with Gasteiger partial charge in [0.15, 0.2) is 6.10 Å². The van der Waals surface area contributed by atoms with Gasteiger partial charge < -0.3 is 10.1 Å². The highest BCUT2D eigenvalue weighted by atomic mass is 35.5. The van der Waals surface area contributed by atoms with Crippen molar-refractivity contribution in [1.82, 2.24) is 9.29 Å². The Hall–Kier alpha value is -2.49. The summed E-state index contributed by atoms with van der Waals surface area (Å²) in [7, 11) is -3.72. The van der Waals surface area contributed by atoms with Crippen LogP contribution in [0.3, 0.4) is 0 Å². The van der Waals surface area contributed by atoms with Crippen LogP contribution in [-0.2, 0) is 30.8 Å². The van der Waals surface area contributed by atoms with E-state index in [9.17, 15) is 18.0 Å². The van der Waals surface area contributed by atoms with E-state index in [4.69, 9.17) is 16.3 Å². The van der Waals surface area contributed by atoms with Crippen LogP contribution in [0.2, 0.25) is 5.02 Å². The second-order valence-electron chi connectivity index (χ2n) is 6.84. The molecule has 0 saturated carbocycles. The molecule has 10 heteroatoms. The first-order chi connectivity index (χ1) is 14.6. The highest BCUT2D eigenvalue weighted by Crippen LogP contribution is 2.27. The van der Waals surface area contributed by atoms with Crippen molar-refractivity contribution < 1.29 is 22.7 Å². The number of hydrogen-bond donors (Lipinski definition) is 1. The smallest absolute Gasteiger partial charge is 0.311 e. The lowest BCUT2D eigenvalue weighted by Crippen LogP contribution is -2.31.